The third-order valence-corrected chi connectivity index (χ3v) is 2.40. The van der Waals surface area contributed by atoms with Crippen molar-refractivity contribution >= 4 is 23.4 Å². The molecule has 0 spiro atoms. The van der Waals surface area contributed by atoms with Gasteiger partial charge in [0.25, 0.3) is 0 Å². The molecule has 1 aromatic heterocycles. The Labute approximate surface area is 69.8 Å². The largest absolute Gasteiger partial charge is 0.263 e. The number of pyridine rings is 1. The van der Waals surface area contributed by atoms with Crippen LogP contribution >= 0.6 is 23.4 Å². The Balaban J connectivity index is 2.81. The van der Waals surface area contributed by atoms with Crippen LogP contribution in [-0.4, -0.2) is 10.7 Å². The molecule has 3 heteroatoms. The van der Waals surface area contributed by atoms with E-state index in [1.165, 1.54) is 0 Å². The van der Waals surface area contributed by atoms with E-state index in [0.29, 0.717) is 0 Å². The van der Waals surface area contributed by atoms with Gasteiger partial charge in [0.2, 0.25) is 0 Å². The van der Waals surface area contributed by atoms with E-state index < -0.39 is 0 Å². The quantitative estimate of drug-likeness (QED) is 0.638. The van der Waals surface area contributed by atoms with Crippen molar-refractivity contribution in [2.75, 3.05) is 5.75 Å². The number of thioether (sulfide) groups is 1. The van der Waals surface area contributed by atoms with Crippen molar-refractivity contribution in [2.24, 2.45) is 0 Å². The summed E-state index contributed by atoms with van der Waals surface area (Å²) in [5, 5.41) is 0.793. The Morgan fingerprint density at radius 3 is 3.10 bits per heavy atom. The maximum absolute atomic E-state index is 5.84. The third-order valence-electron chi connectivity index (χ3n) is 1.03. The standard InChI is InChI=1S/C7H8ClNS/c1-2-10-7-5-9-4-3-6(7)8/h3-5H,2H2,1H3. The summed E-state index contributed by atoms with van der Waals surface area (Å²) in [6, 6.07) is 1.81. The van der Waals surface area contributed by atoms with Crippen LogP contribution in [-0.2, 0) is 0 Å². The highest BCUT2D eigenvalue weighted by Crippen LogP contribution is 2.24. The zero-order valence-corrected chi connectivity index (χ0v) is 7.25. The molecule has 1 nitrogen and oxygen atoms in total. The first-order valence-electron chi connectivity index (χ1n) is 3.07. The molecule has 0 fully saturated rings. The van der Waals surface area contributed by atoms with Gasteiger partial charge >= 0.3 is 0 Å². The number of hydrogen-bond donors (Lipinski definition) is 0. The van der Waals surface area contributed by atoms with E-state index >= 15 is 0 Å². The van der Waals surface area contributed by atoms with Crippen molar-refractivity contribution in [1.29, 1.82) is 0 Å². The Kier molecular flexibility index (Phi) is 3.03. The Bertz CT molecular complexity index is 215. The van der Waals surface area contributed by atoms with E-state index in [9.17, 15) is 0 Å². The van der Waals surface area contributed by atoms with Crippen LogP contribution in [0.4, 0.5) is 0 Å². The molecule has 1 heterocycles. The van der Waals surface area contributed by atoms with Gasteiger partial charge in [0.15, 0.2) is 0 Å². The molecule has 0 aliphatic carbocycles. The van der Waals surface area contributed by atoms with E-state index in [1.54, 1.807) is 30.2 Å². The molecule has 1 aromatic rings. The highest BCUT2D eigenvalue weighted by Gasteiger charge is 1.96. The first-order chi connectivity index (χ1) is 4.84. The predicted molar refractivity (Wildman–Crippen MR) is 45.6 cm³/mol. The van der Waals surface area contributed by atoms with Gasteiger partial charge in [-0.25, -0.2) is 0 Å². The third kappa shape index (κ3) is 1.89. The molecule has 1 rings (SSSR count). The fraction of sp³-hybridized carbons (Fsp3) is 0.286. The van der Waals surface area contributed by atoms with Gasteiger partial charge in [-0.15, -0.1) is 11.8 Å². The normalized spacial score (nSPS) is 9.80. The molecule has 54 valence electrons. The molecule has 0 radical (unpaired) electrons. The minimum absolute atomic E-state index is 0.793. The van der Waals surface area contributed by atoms with Crippen LogP contribution in [0.1, 0.15) is 6.92 Å². The molecule has 0 unspecified atom stereocenters. The summed E-state index contributed by atoms with van der Waals surface area (Å²) < 4.78 is 0. The van der Waals surface area contributed by atoms with Gasteiger partial charge in [0, 0.05) is 17.3 Å². The minimum atomic E-state index is 0.793. The smallest absolute Gasteiger partial charge is 0.0572 e. The van der Waals surface area contributed by atoms with Crippen molar-refractivity contribution in [2.45, 2.75) is 11.8 Å². The molecular formula is C7H8ClNS. The van der Waals surface area contributed by atoms with Gasteiger partial charge in [-0.2, -0.15) is 0 Å². The topological polar surface area (TPSA) is 12.9 Å². The molecule has 0 aliphatic heterocycles. The molecule has 0 atom stereocenters. The van der Waals surface area contributed by atoms with Crippen LogP contribution in [0.15, 0.2) is 23.4 Å². The van der Waals surface area contributed by atoms with Gasteiger partial charge in [-0.05, 0) is 11.8 Å². The van der Waals surface area contributed by atoms with Crippen molar-refractivity contribution in [1.82, 2.24) is 4.98 Å². The van der Waals surface area contributed by atoms with E-state index in [-0.39, 0.29) is 0 Å². The van der Waals surface area contributed by atoms with Crippen LogP contribution in [0.3, 0.4) is 0 Å². The fourth-order valence-corrected chi connectivity index (χ4v) is 1.55. The van der Waals surface area contributed by atoms with E-state index in [1.807, 2.05) is 0 Å². The van der Waals surface area contributed by atoms with E-state index in [0.717, 1.165) is 15.7 Å². The van der Waals surface area contributed by atoms with Crippen molar-refractivity contribution in [3.8, 4) is 0 Å². The second-order valence-corrected chi connectivity index (χ2v) is 3.45. The van der Waals surface area contributed by atoms with Gasteiger partial charge in [0.1, 0.15) is 0 Å². The number of hydrogen-bond acceptors (Lipinski definition) is 2. The van der Waals surface area contributed by atoms with Crippen LogP contribution in [0.2, 0.25) is 5.02 Å². The lowest BCUT2D eigenvalue weighted by molar-refractivity contribution is 1.24. The Morgan fingerprint density at radius 1 is 1.70 bits per heavy atom. The maximum Gasteiger partial charge on any atom is 0.0572 e. The van der Waals surface area contributed by atoms with Crippen molar-refractivity contribution < 1.29 is 0 Å². The zero-order chi connectivity index (χ0) is 7.40. The lowest BCUT2D eigenvalue weighted by atomic mass is 10.5. The molecule has 0 bridgehead atoms. The average Bonchev–Trinajstić information content (AvgIpc) is 1.94. The molecule has 0 saturated carbocycles. The maximum atomic E-state index is 5.84. The Hall–Kier alpha value is -0.210. The summed E-state index contributed by atoms with van der Waals surface area (Å²) in [6.07, 6.45) is 3.48. The molecule has 10 heavy (non-hydrogen) atoms. The Morgan fingerprint density at radius 2 is 2.50 bits per heavy atom. The van der Waals surface area contributed by atoms with E-state index in [4.69, 9.17) is 11.6 Å². The van der Waals surface area contributed by atoms with Crippen LogP contribution < -0.4 is 0 Å². The lowest BCUT2D eigenvalue weighted by Gasteiger charge is -1.97. The van der Waals surface area contributed by atoms with Crippen molar-refractivity contribution in [3.63, 3.8) is 0 Å². The molecule has 0 amide bonds. The number of rotatable bonds is 2. The summed E-state index contributed by atoms with van der Waals surface area (Å²) >= 11 is 7.55. The first-order valence-corrected chi connectivity index (χ1v) is 4.43. The molecule has 0 N–H and O–H groups in total. The molecule has 0 saturated heterocycles. The molecule has 0 aliphatic rings. The van der Waals surface area contributed by atoms with Crippen molar-refractivity contribution in [3.05, 3.63) is 23.5 Å². The highest BCUT2D eigenvalue weighted by atomic mass is 35.5. The monoisotopic (exact) mass is 173 g/mol. The highest BCUT2D eigenvalue weighted by molar-refractivity contribution is 7.99. The van der Waals surface area contributed by atoms with Crippen LogP contribution in [0.5, 0.6) is 0 Å². The van der Waals surface area contributed by atoms with E-state index in [2.05, 4.69) is 11.9 Å². The summed E-state index contributed by atoms with van der Waals surface area (Å²) in [5.74, 6) is 1.03. The van der Waals surface area contributed by atoms with Crippen LogP contribution in [0, 0.1) is 0 Å². The SMILES string of the molecule is CCSc1cnccc1Cl. The number of nitrogens with zero attached hydrogens (tertiary/aromatic N) is 1. The second kappa shape index (κ2) is 3.84. The fourth-order valence-electron chi connectivity index (χ4n) is 0.625. The minimum Gasteiger partial charge on any atom is -0.263 e. The summed E-state index contributed by atoms with van der Waals surface area (Å²) in [7, 11) is 0. The second-order valence-electron chi connectivity index (χ2n) is 1.74. The van der Waals surface area contributed by atoms with Crippen LogP contribution in [0.25, 0.3) is 0 Å². The number of aromatic nitrogens is 1. The summed E-state index contributed by atoms with van der Waals surface area (Å²) in [5.41, 5.74) is 0. The molecule has 0 aromatic carbocycles. The summed E-state index contributed by atoms with van der Waals surface area (Å²) in [4.78, 5) is 5.02. The molecular weight excluding hydrogens is 166 g/mol. The number of halogens is 1. The zero-order valence-electron chi connectivity index (χ0n) is 5.67. The summed E-state index contributed by atoms with van der Waals surface area (Å²) in [6.45, 7) is 2.09. The van der Waals surface area contributed by atoms with Gasteiger partial charge < -0.3 is 0 Å². The van der Waals surface area contributed by atoms with Gasteiger partial charge in [-0.1, -0.05) is 18.5 Å². The average molecular weight is 174 g/mol. The predicted octanol–water partition coefficient (Wildman–Crippen LogP) is 2.85. The first kappa shape index (κ1) is 7.89. The van der Waals surface area contributed by atoms with Gasteiger partial charge in [0.05, 0.1) is 5.02 Å². The van der Waals surface area contributed by atoms with Gasteiger partial charge in [-0.3, -0.25) is 4.98 Å². The lowest BCUT2D eigenvalue weighted by Crippen LogP contribution is -1.76.